The van der Waals surface area contributed by atoms with Crippen molar-refractivity contribution >= 4 is 54.8 Å². The van der Waals surface area contributed by atoms with E-state index in [9.17, 15) is 13.2 Å². The Bertz CT molecular complexity index is 1580. The number of amides is 1. The maximum atomic E-state index is 14.0. The average Bonchev–Trinajstić information content (AvgIpc) is 3.14. The van der Waals surface area contributed by atoms with Crippen LogP contribution in [0.4, 0.5) is 11.4 Å². The number of carbonyl (C=O) groups excluding carboxylic acids is 1. The van der Waals surface area contributed by atoms with Crippen molar-refractivity contribution in [1.29, 1.82) is 0 Å². The number of rotatable bonds is 6. The van der Waals surface area contributed by atoms with Gasteiger partial charge < -0.3 is 9.64 Å². The Balaban J connectivity index is 1.53. The molecule has 0 aromatic heterocycles. The van der Waals surface area contributed by atoms with E-state index in [1.165, 1.54) is 16.4 Å². The minimum Gasteiger partial charge on any atom is -0.375 e. The summed E-state index contributed by atoms with van der Waals surface area (Å²) in [5, 5.41) is 0.312. The van der Waals surface area contributed by atoms with Gasteiger partial charge in [0.25, 0.3) is 15.9 Å². The van der Waals surface area contributed by atoms with Crippen LogP contribution in [0.3, 0.4) is 0 Å². The largest absolute Gasteiger partial charge is 0.375 e. The maximum absolute atomic E-state index is 14.0. The van der Waals surface area contributed by atoms with E-state index in [4.69, 9.17) is 16.3 Å². The van der Waals surface area contributed by atoms with Crippen molar-refractivity contribution in [3.63, 3.8) is 0 Å². The summed E-state index contributed by atoms with van der Waals surface area (Å²) in [4.78, 5) is 15.3. The fourth-order valence-corrected chi connectivity index (χ4v) is 6.59. The third-order valence-corrected chi connectivity index (χ3v) is 8.82. The van der Waals surface area contributed by atoms with E-state index in [2.05, 4.69) is 15.9 Å². The number of fused-ring (bicyclic) bond motifs is 1. The molecule has 1 heterocycles. The van der Waals surface area contributed by atoms with Crippen LogP contribution in [0.1, 0.15) is 21.5 Å². The van der Waals surface area contributed by atoms with E-state index in [-0.39, 0.29) is 22.9 Å². The Kier molecular flexibility index (Phi) is 7.85. The standard InChI is InChI=1S/C29H24BrClN2O4S/c30-24-13-14-27-23(17-24)20-37-16-15-32(27)29(34)22-9-6-10-25(18-22)38(35,36)33(19-21-7-2-1-3-8-21)28-12-5-4-11-26(28)31/h1-14,17-18H,15-16,19-20H2. The summed E-state index contributed by atoms with van der Waals surface area (Å²) in [5.41, 5.74) is 3.04. The molecule has 0 saturated heterocycles. The molecule has 0 atom stereocenters. The van der Waals surface area contributed by atoms with Gasteiger partial charge in [0, 0.05) is 27.8 Å². The van der Waals surface area contributed by atoms with Crippen molar-refractivity contribution in [2.24, 2.45) is 0 Å². The van der Waals surface area contributed by atoms with E-state index in [0.29, 0.717) is 30.5 Å². The van der Waals surface area contributed by atoms with Crippen molar-refractivity contribution in [3.8, 4) is 0 Å². The van der Waals surface area contributed by atoms with Crippen LogP contribution in [-0.2, 0) is 27.9 Å². The molecule has 194 valence electrons. The molecule has 5 rings (SSSR count). The van der Waals surface area contributed by atoms with Crippen LogP contribution in [0.15, 0.2) is 106 Å². The second-order valence-electron chi connectivity index (χ2n) is 8.76. The summed E-state index contributed by atoms with van der Waals surface area (Å²) >= 11 is 9.93. The molecule has 0 saturated carbocycles. The second-order valence-corrected chi connectivity index (χ2v) is 11.9. The number of anilines is 2. The highest BCUT2D eigenvalue weighted by molar-refractivity contribution is 9.10. The van der Waals surface area contributed by atoms with Gasteiger partial charge in [0.1, 0.15) is 0 Å². The molecule has 0 fully saturated rings. The molecular weight excluding hydrogens is 588 g/mol. The van der Waals surface area contributed by atoms with Gasteiger partial charge in [0.2, 0.25) is 0 Å². The molecule has 6 nitrogen and oxygen atoms in total. The lowest BCUT2D eigenvalue weighted by Crippen LogP contribution is -2.34. The monoisotopic (exact) mass is 610 g/mol. The lowest BCUT2D eigenvalue weighted by Gasteiger charge is -2.26. The van der Waals surface area contributed by atoms with Gasteiger partial charge in [-0.1, -0.05) is 76.1 Å². The van der Waals surface area contributed by atoms with Crippen molar-refractivity contribution in [3.05, 3.63) is 123 Å². The molecule has 0 spiro atoms. The smallest absolute Gasteiger partial charge is 0.264 e. The average molecular weight is 612 g/mol. The summed E-state index contributed by atoms with van der Waals surface area (Å²) < 4.78 is 36.0. The fourth-order valence-electron chi connectivity index (χ4n) is 4.38. The Morgan fingerprint density at radius 3 is 2.50 bits per heavy atom. The summed E-state index contributed by atoms with van der Waals surface area (Å²) in [5.74, 6) is -0.302. The molecule has 1 amide bonds. The maximum Gasteiger partial charge on any atom is 0.264 e. The van der Waals surface area contributed by atoms with Gasteiger partial charge in [-0.3, -0.25) is 9.10 Å². The van der Waals surface area contributed by atoms with Crippen LogP contribution in [0.2, 0.25) is 5.02 Å². The van der Waals surface area contributed by atoms with Crippen LogP contribution in [-0.4, -0.2) is 27.5 Å². The molecular formula is C29H24BrClN2O4S. The number of hydrogen-bond donors (Lipinski definition) is 0. The number of nitrogens with zero attached hydrogens (tertiary/aromatic N) is 2. The molecule has 0 unspecified atom stereocenters. The Hall–Kier alpha value is -3.17. The van der Waals surface area contributed by atoms with Crippen molar-refractivity contribution in [1.82, 2.24) is 0 Å². The fraction of sp³-hybridized carbons (Fsp3) is 0.138. The van der Waals surface area contributed by atoms with E-state index >= 15 is 0 Å². The molecule has 0 radical (unpaired) electrons. The zero-order valence-electron chi connectivity index (χ0n) is 20.3. The van der Waals surface area contributed by atoms with Crippen LogP contribution in [0, 0.1) is 0 Å². The molecule has 38 heavy (non-hydrogen) atoms. The Morgan fingerprint density at radius 2 is 1.71 bits per heavy atom. The minimum atomic E-state index is -4.09. The summed E-state index contributed by atoms with van der Waals surface area (Å²) in [6, 6.07) is 27.9. The number of halogens is 2. The van der Waals surface area contributed by atoms with E-state index in [1.807, 2.05) is 48.5 Å². The van der Waals surface area contributed by atoms with Gasteiger partial charge >= 0.3 is 0 Å². The highest BCUT2D eigenvalue weighted by atomic mass is 79.9. The van der Waals surface area contributed by atoms with Crippen LogP contribution in [0.25, 0.3) is 0 Å². The summed E-state index contributed by atoms with van der Waals surface area (Å²) in [7, 11) is -4.09. The molecule has 0 aliphatic carbocycles. The minimum absolute atomic E-state index is 0.00121. The van der Waals surface area contributed by atoms with Gasteiger partial charge in [-0.2, -0.15) is 0 Å². The molecule has 4 aromatic carbocycles. The number of benzene rings is 4. The van der Waals surface area contributed by atoms with Crippen LogP contribution < -0.4 is 9.21 Å². The van der Waals surface area contributed by atoms with Crippen molar-refractivity contribution < 1.29 is 17.9 Å². The Labute approximate surface area is 235 Å². The first-order chi connectivity index (χ1) is 18.3. The number of hydrogen-bond acceptors (Lipinski definition) is 4. The molecule has 0 N–H and O–H groups in total. The third-order valence-electron chi connectivity index (χ3n) is 6.25. The zero-order valence-corrected chi connectivity index (χ0v) is 23.4. The third kappa shape index (κ3) is 5.49. The molecule has 0 bridgehead atoms. The van der Waals surface area contributed by atoms with Gasteiger partial charge in [0.05, 0.1) is 35.4 Å². The van der Waals surface area contributed by atoms with Gasteiger partial charge in [-0.15, -0.1) is 0 Å². The van der Waals surface area contributed by atoms with Gasteiger partial charge in [0.15, 0.2) is 0 Å². The SMILES string of the molecule is O=C(c1cccc(S(=O)(=O)N(Cc2ccccc2)c2ccccc2Cl)c1)N1CCOCc2cc(Br)ccc21. The molecule has 9 heteroatoms. The van der Waals surface area contributed by atoms with Crippen molar-refractivity contribution in [2.75, 3.05) is 22.4 Å². The van der Waals surface area contributed by atoms with Gasteiger partial charge in [-0.25, -0.2) is 8.42 Å². The van der Waals surface area contributed by atoms with Crippen LogP contribution >= 0.6 is 27.5 Å². The van der Waals surface area contributed by atoms with E-state index in [1.54, 1.807) is 41.3 Å². The highest BCUT2D eigenvalue weighted by Gasteiger charge is 2.29. The van der Waals surface area contributed by atoms with Crippen LogP contribution in [0.5, 0.6) is 0 Å². The first-order valence-electron chi connectivity index (χ1n) is 11.9. The number of carbonyl (C=O) groups is 1. The normalized spacial score (nSPS) is 13.5. The van der Waals surface area contributed by atoms with E-state index in [0.717, 1.165) is 21.3 Å². The van der Waals surface area contributed by atoms with Gasteiger partial charge in [-0.05, 0) is 54.1 Å². The summed E-state index contributed by atoms with van der Waals surface area (Å²) in [6.07, 6.45) is 0. The quantitative estimate of drug-likeness (QED) is 0.244. The number of sulfonamides is 1. The molecule has 1 aliphatic rings. The first-order valence-corrected chi connectivity index (χ1v) is 14.5. The second kappa shape index (κ2) is 11.3. The summed E-state index contributed by atoms with van der Waals surface area (Å²) in [6.45, 7) is 1.19. The van der Waals surface area contributed by atoms with E-state index < -0.39 is 10.0 Å². The number of para-hydroxylation sites is 1. The lowest BCUT2D eigenvalue weighted by atomic mass is 10.1. The lowest BCUT2D eigenvalue weighted by molar-refractivity contribution is 0.0965. The number of ether oxygens (including phenoxy) is 1. The predicted molar refractivity (Wildman–Crippen MR) is 153 cm³/mol. The molecule has 1 aliphatic heterocycles. The molecule has 4 aromatic rings. The van der Waals surface area contributed by atoms with Crippen molar-refractivity contribution in [2.45, 2.75) is 18.0 Å². The first kappa shape index (κ1) is 26.4. The topological polar surface area (TPSA) is 66.9 Å². The highest BCUT2D eigenvalue weighted by Crippen LogP contribution is 2.33. The predicted octanol–water partition coefficient (Wildman–Crippen LogP) is 6.68. The zero-order chi connectivity index (χ0) is 26.7. The Morgan fingerprint density at radius 1 is 0.947 bits per heavy atom.